The molecule has 1 aromatic heterocycles. The van der Waals surface area contributed by atoms with Gasteiger partial charge in [-0.3, -0.25) is 9.69 Å². The third-order valence-electron chi connectivity index (χ3n) is 3.06. The summed E-state index contributed by atoms with van der Waals surface area (Å²) in [6.45, 7) is 0. The summed E-state index contributed by atoms with van der Waals surface area (Å²) in [7, 11) is 0. The Morgan fingerprint density at radius 3 is 2.35 bits per heavy atom. The van der Waals surface area contributed by atoms with Gasteiger partial charge in [0.15, 0.2) is 0 Å². The van der Waals surface area contributed by atoms with E-state index >= 15 is 0 Å². The zero-order valence-electron chi connectivity index (χ0n) is 11.6. The van der Waals surface area contributed by atoms with E-state index in [1.807, 2.05) is 5.92 Å². The summed E-state index contributed by atoms with van der Waals surface area (Å²) >= 11 is 1.24. The summed E-state index contributed by atoms with van der Waals surface area (Å²) in [4.78, 5) is 25.0. The quantitative estimate of drug-likeness (QED) is 0.630. The van der Waals surface area contributed by atoms with Crippen LogP contribution in [0.25, 0.3) is 0 Å². The molecule has 0 radical (unpaired) electrons. The van der Waals surface area contributed by atoms with Gasteiger partial charge in [0.1, 0.15) is 12.3 Å². The molecule has 1 unspecified atom stereocenters. The van der Waals surface area contributed by atoms with E-state index in [-0.39, 0.29) is 5.69 Å². The number of thiophene rings is 1. The number of anilines is 1. The molecular formula is C16H10F3NO2S. The van der Waals surface area contributed by atoms with Crippen LogP contribution in [0.3, 0.4) is 0 Å². The summed E-state index contributed by atoms with van der Waals surface area (Å²) < 4.78 is 37.9. The standard InChI is InChI=1S/C16H10F3NO2S/c1-2-15(22)20(13(10-21)14-4-3-9-23-14)12-7-5-11(6-8-12)16(17,18)19/h1,3-10,13H. The van der Waals surface area contributed by atoms with Crippen molar-refractivity contribution in [3.63, 3.8) is 0 Å². The minimum atomic E-state index is -4.49. The van der Waals surface area contributed by atoms with Crippen molar-refractivity contribution in [2.75, 3.05) is 4.90 Å². The molecule has 1 aromatic carbocycles. The van der Waals surface area contributed by atoms with Crippen molar-refractivity contribution in [1.29, 1.82) is 0 Å². The molecule has 0 aliphatic carbocycles. The van der Waals surface area contributed by atoms with Gasteiger partial charge < -0.3 is 4.79 Å². The number of halogens is 3. The monoisotopic (exact) mass is 337 g/mol. The number of hydrogen-bond donors (Lipinski definition) is 0. The second-order valence-electron chi connectivity index (χ2n) is 4.46. The summed E-state index contributed by atoms with van der Waals surface area (Å²) in [6.07, 6.45) is 1.16. The minimum Gasteiger partial charge on any atom is -0.301 e. The van der Waals surface area contributed by atoms with Crippen LogP contribution in [-0.4, -0.2) is 12.2 Å². The van der Waals surface area contributed by atoms with Crippen LogP contribution in [0, 0.1) is 12.3 Å². The van der Waals surface area contributed by atoms with Gasteiger partial charge in [0.2, 0.25) is 0 Å². The molecule has 1 atom stereocenters. The number of carbonyl (C=O) groups is 2. The topological polar surface area (TPSA) is 37.4 Å². The molecular weight excluding hydrogens is 327 g/mol. The highest BCUT2D eigenvalue weighted by Crippen LogP contribution is 2.33. The van der Waals surface area contributed by atoms with Crippen molar-refractivity contribution in [2.45, 2.75) is 12.2 Å². The van der Waals surface area contributed by atoms with Crippen molar-refractivity contribution in [3.8, 4) is 12.3 Å². The van der Waals surface area contributed by atoms with E-state index in [0.717, 1.165) is 29.2 Å². The SMILES string of the molecule is C#CC(=O)N(c1ccc(C(F)(F)F)cc1)C(C=O)c1cccs1. The van der Waals surface area contributed by atoms with Crippen molar-refractivity contribution >= 4 is 29.2 Å². The third kappa shape index (κ3) is 3.60. The Balaban J connectivity index is 2.45. The van der Waals surface area contributed by atoms with Crippen LogP contribution >= 0.6 is 11.3 Å². The average molecular weight is 337 g/mol. The Bertz CT molecular complexity index is 730. The van der Waals surface area contributed by atoms with E-state index in [0.29, 0.717) is 11.2 Å². The molecule has 1 heterocycles. The Morgan fingerprint density at radius 2 is 1.91 bits per heavy atom. The van der Waals surface area contributed by atoms with Gasteiger partial charge in [0.05, 0.1) is 5.56 Å². The van der Waals surface area contributed by atoms with Crippen LogP contribution in [-0.2, 0) is 15.8 Å². The van der Waals surface area contributed by atoms with E-state index in [2.05, 4.69) is 0 Å². The highest BCUT2D eigenvalue weighted by Gasteiger charge is 2.31. The molecule has 0 N–H and O–H groups in total. The van der Waals surface area contributed by atoms with E-state index in [1.165, 1.54) is 11.3 Å². The fourth-order valence-corrected chi connectivity index (χ4v) is 2.77. The number of terminal acetylenes is 1. The third-order valence-corrected chi connectivity index (χ3v) is 4.00. The number of nitrogens with zero attached hydrogens (tertiary/aromatic N) is 1. The lowest BCUT2D eigenvalue weighted by atomic mass is 10.1. The summed E-state index contributed by atoms with van der Waals surface area (Å²) in [5.41, 5.74) is -0.736. The number of aldehydes is 1. The molecule has 3 nitrogen and oxygen atoms in total. The highest BCUT2D eigenvalue weighted by molar-refractivity contribution is 7.10. The Labute approximate surface area is 134 Å². The number of carbonyl (C=O) groups excluding carboxylic acids is 2. The van der Waals surface area contributed by atoms with Crippen LogP contribution in [0.4, 0.5) is 18.9 Å². The van der Waals surface area contributed by atoms with Crippen LogP contribution in [0.2, 0.25) is 0 Å². The van der Waals surface area contributed by atoms with Crippen LogP contribution in [0.5, 0.6) is 0 Å². The van der Waals surface area contributed by atoms with Crippen LogP contribution < -0.4 is 4.90 Å². The van der Waals surface area contributed by atoms with Crippen molar-refractivity contribution < 1.29 is 22.8 Å². The van der Waals surface area contributed by atoms with Gasteiger partial charge >= 0.3 is 12.1 Å². The highest BCUT2D eigenvalue weighted by atomic mass is 32.1. The van der Waals surface area contributed by atoms with E-state index < -0.39 is 23.7 Å². The van der Waals surface area contributed by atoms with Crippen molar-refractivity contribution in [3.05, 3.63) is 52.2 Å². The second kappa shape index (κ2) is 6.67. The summed E-state index contributed by atoms with van der Waals surface area (Å²) in [5, 5.41) is 1.72. The molecule has 23 heavy (non-hydrogen) atoms. The van der Waals surface area contributed by atoms with Gasteiger partial charge in [0, 0.05) is 10.6 Å². The zero-order chi connectivity index (χ0) is 17.0. The molecule has 2 aromatic rings. The van der Waals surface area contributed by atoms with Crippen molar-refractivity contribution in [1.82, 2.24) is 0 Å². The molecule has 1 amide bonds. The van der Waals surface area contributed by atoms with Gasteiger partial charge in [0.25, 0.3) is 0 Å². The molecule has 2 rings (SSSR count). The van der Waals surface area contributed by atoms with Crippen molar-refractivity contribution in [2.24, 2.45) is 0 Å². The predicted octanol–water partition coefficient (Wildman–Crippen LogP) is 3.67. The molecule has 118 valence electrons. The molecule has 0 fully saturated rings. The van der Waals surface area contributed by atoms with E-state index in [4.69, 9.17) is 6.42 Å². The normalized spacial score (nSPS) is 12.3. The largest absolute Gasteiger partial charge is 0.416 e. The van der Waals surface area contributed by atoms with Gasteiger partial charge in [-0.05, 0) is 41.6 Å². The van der Waals surface area contributed by atoms with Crippen LogP contribution in [0.1, 0.15) is 16.5 Å². The molecule has 7 heteroatoms. The Hall–Kier alpha value is -2.59. The molecule has 0 spiro atoms. The van der Waals surface area contributed by atoms with Gasteiger partial charge in [-0.2, -0.15) is 13.2 Å². The molecule has 0 bridgehead atoms. The predicted molar refractivity (Wildman–Crippen MR) is 80.9 cm³/mol. The maximum absolute atomic E-state index is 12.6. The minimum absolute atomic E-state index is 0.117. The molecule has 0 aliphatic rings. The molecule has 0 saturated carbocycles. The Kier molecular flexibility index (Phi) is 4.86. The smallest absolute Gasteiger partial charge is 0.301 e. The van der Waals surface area contributed by atoms with E-state index in [9.17, 15) is 22.8 Å². The number of amides is 1. The first-order chi connectivity index (χ1) is 10.9. The van der Waals surface area contributed by atoms with E-state index in [1.54, 1.807) is 17.5 Å². The zero-order valence-corrected chi connectivity index (χ0v) is 12.4. The first kappa shape index (κ1) is 16.8. The number of hydrogen-bond acceptors (Lipinski definition) is 3. The lowest BCUT2D eigenvalue weighted by molar-refractivity contribution is -0.137. The van der Waals surface area contributed by atoms with Gasteiger partial charge in [-0.15, -0.1) is 17.8 Å². The second-order valence-corrected chi connectivity index (χ2v) is 5.44. The lowest BCUT2D eigenvalue weighted by Crippen LogP contribution is -2.34. The average Bonchev–Trinajstić information content (AvgIpc) is 3.05. The molecule has 0 aliphatic heterocycles. The fourth-order valence-electron chi connectivity index (χ4n) is 2.00. The first-order valence-corrected chi connectivity index (χ1v) is 7.22. The maximum atomic E-state index is 12.6. The maximum Gasteiger partial charge on any atom is 0.416 e. The summed E-state index contributed by atoms with van der Waals surface area (Å²) in [5.74, 6) is 1.09. The van der Waals surface area contributed by atoms with Gasteiger partial charge in [-0.25, -0.2) is 0 Å². The fraction of sp³-hybridized carbons (Fsp3) is 0.125. The summed E-state index contributed by atoms with van der Waals surface area (Å²) in [6, 6.07) is 6.25. The number of rotatable bonds is 4. The first-order valence-electron chi connectivity index (χ1n) is 6.34. The molecule has 0 saturated heterocycles. The Morgan fingerprint density at radius 1 is 1.26 bits per heavy atom. The number of alkyl halides is 3. The van der Waals surface area contributed by atoms with Crippen LogP contribution in [0.15, 0.2) is 41.8 Å². The van der Waals surface area contributed by atoms with Gasteiger partial charge in [-0.1, -0.05) is 6.07 Å². The number of benzene rings is 1. The lowest BCUT2D eigenvalue weighted by Gasteiger charge is -2.26.